The van der Waals surface area contributed by atoms with E-state index in [9.17, 15) is 4.79 Å². The van der Waals surface area contributed by atoms with Gasteiger partial charge in [-0.2, -0.15) is 0 Å². The molecule has 5 nitrogen and oxygen atoms in total. The van der Waals surface area contributed by atoms with Crippen molar-refractivity contribution in [3.63, 3.8) is 0 Å². The van der Waals surface area contributed by atoms with Crippen molar-refractivity contribution in [1.82, 2.24) is 19.4 Å². The average Bonchev–Trinajstić information content (AvgIpc) is 3.02. The Balaban J connectivity index is 1.80. The minimum Gasteiger partial charge on any atom is -0.349 e. The number of hydrogen-bond donors (Lipinski definition) is 1. The van der Waals surface area contributed by atoms with E-state index in [4.69, 9.17) is 0 Å². The number of carbonyl (C=O) groups is 1. The van der Waals surface area contributed by atoms with Crippen LogP contribution in [-0.2, 0) is 20.1 Å². The van der Waals surface area contributed by atoms with E-state index in [2.05, 4.69) is 21.8 Å². The number of fused-ring (bicyclic) bond motifs is 1. The van der Waals surface area contributed by atoms with E-state index in [1.54, 1.807) is 0 Å². The minimum absolute atomic E-state index is 0.0511. The first-order valence-corrected chi connectivity index (χ1v) is 7.88. The van der Waals surface area contributed by atoms with E-state index in [1.165, 1.54) is 0 Å². The SMILES string of the molecule is CCn1c(C)cc(C(=O)NCc2nc3ccccc3n2C)c1C. The van der Waals surface area contributed by atoms with Gasteiger partial charge < -0.3 is 14.5 Å². The molecule has 3 rings (SSSR count). The van der Waals surface area contributed by atoms with Crippen molar-refractivity contribution in [2.75, 3.05) is 0 Å². The highest BCUT2D eigenvalue weighted by molar-refractivity contribution is 5.95. The molecule has 0 aliphatic carbocycles. The van der Waals surface area contributed by atoms with Crippen molar-refractivity contribution < 1.29 is 4.79 Å². The van der Waals surface area contributed by atoms with Gasteiger partial charge in [0.05, 0.1) is 23.1 Å². The van der Waals surface area contributed by atoms with Gasteiger partial charge in [0.1, 0.15) is 5.82 Å². The molecule has 0 spiro atoms. The van der Waals surface area contributed by atoms with Gasteiger partial charge in [-0.1, -0.05) is 12.1 Å². The van der Waals surface area contributed by atoms with Gasteiger partial charge >= 0.3 is 0 Å². The molecule has 3 aromatic rings. The van der Waals surface area contributed by atoms with Crippen LogP contribution in [0.25, 0.3) is 11.0 Å². The molecule has 0 saturated heterocycles. The van der Waals surface area contributed by atoms with Crippen LogP contribution in [-0.4, -0.2) is 20.0 Å². The molecule has 0 aliphatic heterocycles. The molecule has 5 heteroatoms. The van der Waals surface area contributed by atoms with Crippen molar-refractivity contribution in [2.45, 2.75) is 33.9 Å². The van der Waals surface area contributed by atoms with Crippen LogP contribution < -0.4 is 5.32 Å². The fraction of sp³-hybridized carbons (Fsp3) is 0.333. The van der Waals surface area contributed by atoms with Crippen LogP contribution in [0.5, 0.6) is 0 Å². The van der Waals surface area contributed by atoms with Crippen molar-refractivity contribution in [3.05, 3.63) is 53.1 Å². The number of nitrogens with one attached hydrogen (secondary N) is 1. The first-order valence-electron chi connectivity index (χ1n) is 7.88. The van der Waals surface area contributed by atoms with E-state index in [0.717, 1.165) is 40.4 Å². The van der Waals surface area contributed by atoms with E-state index < -0.39 is 0 Å². The van der Waals surface area contributed by atoms with E-state index in [0.29, 0.717) is 6.54 Å². The third-order valence-electron chi connectivity index (χ3n) is 4.42. The molecule has 2 aromatic heterocycles. The second-order valence-corrected chi connectivity index (χ2v) is 5.79. The molecule has 1 aromatic carbocycles. The molecule has 1 N–H and O–H groups in total. The van der Waals surface area contributed by atoms with Gasteiger partial charge in [-0.15, -0.1) is 0 Å². The summed E-state index contributed by atoms with van der Waals surface area (Å²) in [5, 5.41) is 2.99. The number of aromatic nitrogens is 3. The quantitative estimate of drug-likeness (QED) is 0.805. The molecular formula is C18H22N4O. The molecule has 0 unspecified atom stereocenters. The molecular weight excluding hydrogens is 288 g/mol. The number of aryl methyl sites for hydroxylation is 2. The second kappa shape index (κ2) is 5.91. The van der Waals surface area contributed by atoms with Crippen LogP contribution in [0.4, 0.5) is 0 Å². The monoisotopic (exact) mass is 310 g/mol. The maximum Gasteiger partial charge on any atom is 0.253 e. The molecule has 0 atom stereocenters. The Morgan fingerprint density at radius 3 is 2.65 bits per heavy atom. The number of imidazole rings is 1. The Bertz CT molecular complexity index is 873. The predicted octanol–water partition coefficient (Wildman–Crippen LogP) is 2.94. The van der Waals surface area contributed by atoms with E-state index >= 15 is 0 Å². The lowest BCUT2D eigenvalue weighted by atomic mass is 10.2. The lowest BCUT2D eigenvalue weighted by molar-refractivity contribution is 0.0949. The second-order valence-electron chi connectivity index (χ2n) is 5.79. The molecule has 120 valence electrons. The van der Waals surface area contributed by atoms with Gasteiger partial charge in [-0.25, -0.2) is 4.98 Å². The molecule has 2 heterocycles. The van der Waals surface area contributed by atoms with Crippen LogP contribution in [0.3, 0.4) is 0 Å². The molecule has 0 fully saturated rings. The molecule has 0 radical (unpaired) electrons. The summed E-state index contributed by atoms with van der Waals surface area (Å²) in [7, 11) is 1.97. The predicted molar refractivity (Wildman–Crippen MR) is 91.5 cm³/mol. The highest BCUT2D eigenvalue weighted by Crippen LogP contribution is 2.16. The average molecular weight is 310 g/mol. The van der Waals surface area contributed by atoms with Gasteiger partial charge in [0.15, 0.2) is 0 Å². The van der Waals surface area contributed by atoms with Crippen LogP contribution >= 0.6 is 0 Å². The van der Waals surface area contributed by atoms with Crippen molar-refractivity contribution in [3.8, 4) is 0 Å². The van der Waals surface area contributed by atoms with E-state index in [1.807, 2.05) is 55.8 Å². The number of nitrogens with zero attached hydrogens (tertiary/aromatic N) is 3. The third-order valence-corrected chi connectivity index (χ3v) is 4.42. The number of rotatable bonds is 4. The summed E-state index contributed by atoms with van der Waals surface area (Å²) in [5.74, 6) is 0.800. The molecule has 0 saturated carbocycles. The van der Waals surface area contributed by atoms with Crippen molar-refractivity contribution in [2.24, 2.45) is 7.05 Å². The van der Waals surface area contributed by atoms with Gasteiger partial charge in [0.25, 0.3) is 5.91 Å². The first-order chi connectivity index (χ1) is 11.0. The Labute approximate surface area is 135 Å². The summed E-state index contributed by atoms with van der Waals surface area (Å²) in [4.78, 5) is 17.1. The maximum atomic E-state index is 12.5. The zero-order valence-corrected chi connectivity index (χ0v) is 14.1. The molecule has 0 aliphatic rings. The van der Waals surface area contributed by atoms with Crippen LogP contribution in [0.1, 0.15) is 34.5 Å². The van der Waals surface area contributed by atoms with Gasteiger partial charge in [-0.3, -0.25) is 4.79 Å². The summed E-state index contributed by atoms with van der Waals surface area (Å²) in [6, 6.07) is 9.92. The molecule has 0 bridgehead atoms. The first kappa shape index (κ1) is 15.3. The van der Waals surface area contributed by atoms with Crippen molar-refractivity contribution in [1.29, 1.82) is 0 Å². The number of carbonyl (C=O) groups excluding carboxylic acids is 1. The van der Waals surface area contributed by atoms with Crippen LogP contribution in [0.2, 0.25) is 0 Å². The number of amides is 1. The fourth-order valence-electron chi connectivity index (χ4n) is 3.13. The zero-order chi connectivity index (χ0) is 16.6. The standard InChI is InChI=1S/C18H22N4O/c1-5-22-12(2)10-14(13(22)3)18(23)19-11-17-20-15-8-6-7-9-16(15)21(17)4/h6-10H,5,11H2,1-4H3,(H,19,23). The van der Waals surface area contributed by atoms with Gasteiger partial charge in [-0.05, 0) is 39.0 Å². The smallest absolute Gasteiger partial charge is 0.253 e. The Kier molecular flexibility index (Phi) is 3.94. The molecule has 1 amide bonds. The zero-order valence-electron chi connectivity index (χ0n) is 14.1. The van der Waals surface area contributed by atoms with E-state index in [-0.39, 0.29) is 5.91 Å². The Morgan fingerprint density at radius 1 is 1.26 bits per heavy atom. The number of para-hydroxylation sites is 2. The van der Waals surface area contributed by atoms with Crippen LogP contribution in [0.15, 0.2) is 30.3 Å². The lowest BCUT2D eigenvalue weighted by Gasteiger charge is -2.07. The maximum absolute atomic E-state index is 12.5. The third kappa shape index (κ3) is 2.63. The number of hydrogen-bond acceptors (Lipinski definition) is 2. The highest BCUT2D eigenvalue weighted by Gasteiger charge is 2.15. The summed E-state index contributed by atoms with van der Waals surface area (Å²) in [6.45, 7) is 7.38. The number of benzene rings is 1. The lowest BCUT2D eigenvalue weighted by Crippen LogP contribution is -2.24. The largest absolute Gasteiger partial charge is 0.349 e. The summed E-state index contributed by atoms with van der Waals surface area (Å²) >= 11 is 0. The summed E-state index contributed by atoms with van der Waals surface area (Å²) in [6.07, 6.45) is 0. The normalized spacial score (nSPS) is 11.1. The van der Waals surface area contributed by atoms with Gasteiger partial charge in [0, 0.05) is 25.0 Å². The fourth-order valence-corrected chi connectivity index (χ4v) is 3.13. The topological polar surface area (TPSA) is 51.9 Å². The Hall–Kier alpha value is -2.56. The van der Waals surface area contributed by atoms with Crippen molar-refractivity contribution >= 4 is 16.9 Å². The highest BCUT2D eigenvalue weighted by atomic mass is 16.1. The van der Waals surface area contributed by atoms with Crippen LogP contribution in [0, 0.1) is 13.8 Å². The summed E-state index contributed by atoms with van der Waals surface area (Å²) in [5.41, 5.74) is 4.87. The van der Waals surface area contributed by atoms with Gasteiger partial charge in [0.2, 0.25) is 0 Å². The summed E-state index contributed by atoms with van der Waals surface area (Å²) < 4.78 is 4.16. The molecule has 23 heavy (non-hydrogen) atoms. The Morgan fingerprint density at radius 2 is 2.00 bits per heavy atom. The minimum atomic E-state index is -0.0511.